The van der Waals surface area contributed by atoms with E-state index in [2.05, 4.69) is 12.2 Å². The van der Waals surface area contributed by atoms with Crippen LogP contribution in [0, 0.1) is 23.6 Å². The second kappa shape index (κ2) is 7.22. The van der Waals surface area contributed by atoms with Crippen LogP contribution in [0.15, 0.2) is 24.3 Å². The van der Waals surface area contributed by atoms with Crippen LogP contribution in [0.5, 0.6) is 0 Å². The maximum absolute atomic E-state index is 13.3. The molecule has 0 aliphatic heterocycles. The first-order valence-corrected chi connectivity index (χ1v) is 9.19. The van der Waals surface area contributed by atoms with E-state index in [1.807, 2.05) is 13.0 Å². The Kier molecular flexibility index (Phi) is 5.24. The number of likely N-dealkylation sites (N-methyl/N-ethyl adjacent to an activating group) is 1. The Morgan fingerprint density at radius 3 is 2.75 bits per heavy atom. The highest BCUT2D eigenvalue weighted by molar-refractivity contribution is 5.81. The summed E-state index contributed by atoms with van der Waals surface area (Å²) in [5.74, 6) is 2.29. The lowest BCUT2D eigenvalue weighted by molar-refractivity contribution is -0.132. The topological polar surface area (TPSA) is 32.3 Å². The molecule has 1 amide bonds. The molecule has 0 aromatic heterocycles. The number of carbonyl (C=O) groups excluding carboxylic acids is 1. The first-order valence-electron chi connectivity index (χ1n) is 9.19. The number of amides is 1. The Balaban J connectivity index is 1.52. The molecular weight excluding hydrogens is 303 g/mol. The van der Waals surface area contributed by atoms with E-state index in [9.17, 15) is 9.18 Å². The number of carbonyl (C=O) groups is 1. The molecule has 4 heteroatoms. The van der Waals surface area contributed by atoms with Crippen molar-refractivity contribution in [3.05, 3.63) is 35.6 Å². The van der Waals surface area contributed by atoms with Gasteiger partial charge in [-0.2, -0.15) is 0 Å². The fourth-order valence-electron chi connectivity index (χ4n) is 4.81. The summed E-state index contributed by atoms with van der Waals surface area (Å²) in [5.41, 5.74) is 0.819. The number of nitrogens with zero attached hydrogens (tertiary/aromatic N) is 1. The summed E-state index contributed by atoms with van der Waals surface area (Å²) in [6.07, 6.45) is 5.47. The minimum Gasteiger partial charge on any atom is -0.340 e. The highest BCUT2D eigenvalue weighted by Gasteiger charge is 2.42. The van der Waals surface area contributed by atoms with Crippen molar-refractivity contribution in [1.82, 2.24) is 10.2 Å². The van der Waals surface area contributed by atoms with E-state index < -0.39 is 0 Å². The van der Waals surface area contributed by atoms with Gasteiger partial charge in [-0.1, -0.05) is 18.6 Å². The van der Waals surface area contributed by atoms with Gasteiger partial charge in [0, 0.05) is 19.6 Å². The quantitative estimate of drug-likeness (QED) is 0.863. The van der Waals surface area contributed by atoms with Crippen molar-refractivity contribution in [3.63, 3.8) is 0 Å². The number of hydrogen-bond acceptors (Lipinski definition) is 2. The Bertz CT molecular complexity index is 591. The minimum absolute atomic E-state index is 0.0641. The monoisotopic (exact) mass is 332 g/mol. The van der Waals surface area contributed by atoms with Gasteiger partial charge < -0.3 is 10.2 Å². The zero-order valence-corrected chi connectivity index (χ0v) is 15.0. The van der Waals surface area contributed by atoms with Crippen molar-refractivity contribution in [2.45, 2.75) is 58.2 Å². The molecule has 24 heavy (non-hydrogen) atoms. The molecule has 0 saturated heterocycles. The van der Waals surface area contributed by atoms with E-state index in [0.717, 1.165) is 17.4 Å². The van der Waals surface area contributed by atoms with Gasteiger partial charge in [0.25, 0.3) is 0 Å². The molecule has 5 atom stereocenters. The van der Waals surface area contributed by atoms with Crippen molar-refractivity contribution in [1.29, 1.82) is 0 Å². The second-order valence-electron chi connectivity index (χ2n) is 7.84. The van der Waals surface area contributed by atoms with Crippen LogP contribution in [-0.2, 0) is 11.3 Å². The fraction of sp³-hybridized carbons (Fsp3) is 0.650. The van der Waals surface area contributed by atoms with Gasteiger partial charge >= 0.3 is 0 Å². The molecule has 1 aromatic carbocycles. The predicted octanol–water partition coefficient (Wildman–Crippen LogP) is 3.59. The zero-order chi connectivity index (χ0) is 17.3. The third-order valence-corrected chi connectivity index (χ3v) is 6.00. The molecule has 0 heterocycles. The number of rotatable bonds is 6. The lowest BCUT2D eigenvalue weighted by Crippen LogP contribution is -2.49. The number of fused-ring (bicyclic) bond motifs is 2. The molecule has 2 aliphatic rings. The van der Waals surface area contributed by atoms with Gasteiger partial charge in [0.05, 0.1) is 6.04 Å². The van der Waals surface area contributed by atoms with Crippen LogP contribution in [0.3, 0.4) is 0 Å². The van der Waals surface area contributed by atoms with Crippen LogP contribution in [0.4, 0.5) is 4.39 Å². The molecule has 3 rings (SSSR count). The number of nitrogens with one attached hydrogen (secondary N) is 1. The van der Waals surface area contributed by atoms with Crippen molar-refractivity contribution >= 4 is 5.91 Å². The van der Waals surface area contributed by atoms with Gasteiger partial charge in [-0.15, -0.1) is 0 Å². The summed E-state index contributed by atoms with van der Waals surface area (Å²) in [4.78, 5) is 14.3. The van der Waals surface area contributed by atoms with Crippen LogP contribution in [0.25, 0.3) is 0 Å². The van der Waals surface area contributed by atoms with Crippen molar-refractivity contribution in [3.8, 4) is 0 Å². The summed E-state index contributed by atoms with van der Waals surface area (Å²) < 4.78 is 13.3. The van der Waals surface area contributed by atoms with Crippen molar-refractivity contribution in [2.75, 3.05) is 7.05 Å². The SMILES string of the molecule is C[C@H](N[C@@H](C)[C@H]1C[C@H]2CC[C@H]1C2)C(=O)N(C)Cc1cccc(F)c1. The molecule has 0 radical (unpaired) electrons. The maximum Gasteiger partial charge on any atom is 0.239 e. The lowest BCUT2D eigenvalue weighted by Gasteiger charge is -2.31. The first-order chi connectivity index (χ1) is 11.4. The average molecular weight is 332 g/mol. The molecule has 132 valence electrons. The number of hydrogen-bond donors (Lipinski definition) is 1. The smallest absolute Gasteiger partial charge is 0.239 e. The van der Waals surface area contributed by atoms with E-state index in [1.54, 1.807) is 18.0 Å². The molecule has 2 aliphatic carbocycles. The Morgan fingerprint density at radius 1 is 1.33 bits per heavy atom. The summed E-state index contributed by atoms with van der Waals surface area (Å²) in [6, 6.07) is 6.61. The fourth-order valence-corrected chi connectivity index (χ4v) is 4.81. The standard InChI is InChI=1S/C20H29FN2O/c1-13(19-11-15-7-8-17(19)9-15)22-14(2)20(24)23(3)12-16-5-4-6-18(21)10-16/h4-6,10,13-15,17,19,22H,7-9,11-12H2,1-3H3/t13-,14-,15-,17-,19+/m0/s1. The Morgan fingerprint density at radius 2 is 2.12 bits per heavy atom. The third kappa shape index (κ3) is 3.80. The van der Waals surface area contributed by atoms with E-state index in [-0.39, 0.29) is 17.8 Å². The van der Waals surface area contributed by atoms with Crippen LogP contribution < -0.4 is 5.32 Å². The summed E-state index contributed by atoms with van der Waals surface area (Å²) in [6.45, 7) is 4.60. The molecule has 3 nitrogen and oxygen atoms in total. The Labute approximate surface area is 144 Å². The van der Waals surface area contributed by atoms with Crippen molar-refractivity contribution < 1.29 is 9.18 Å². The predicted molar refractivity (Wildman–Crippen MR) is 93.9 cm³/mol. The first kappa shape index (κ1) is 17.4. The van der Waals surface area contributed by atoms with E-state index >= 15 is 0 Å². The maximum atomic E-state index is 13.3. The highest BCUT2D eigenvalue weighted by Crippen LogP contribution is 2.49. The molecule has 0 spiro atoms. The lowest BCUT2D eigenvalue weighted by atomic mass is 9.84. The van der Waals surface area contributed by atoms with E-state index in [1.165, 1.54) is 37.8 Å². The van der Waals surface area contributed by atoms with E-state index in [4.69, 9.17) is 0 Å². The van der Waals surface area contributed by atoms with Gasteiger partial charge in [0.15, 0.2) is 0 Å². The van der Waals surface area contributed by atoms with Gasteiger partial charge in [0.1, 0.15) is 5.82 Å². The third-order valence-electron chi connectivity index (χ3n) is 6.00. The van der Waals surface area contributed by atoms with Crippen LogP contribution in [0.1, 0.15) is 45.1 Å². The van der Waals surface area contributed by atoms with E-state index in [0.29, 0.717) is 18.5 Å². The number of benzene rings is 1. The molecule has 0 unspecified atom stereocenters. The van der Waals surface area contributed by atoms with Gasteiger partial charge in [-0.3, -0.25) is 4.79 Å². The van der Waals surface area contributed by atoms with Gasteiger partial charge in [-0.25, -0.2) is 4.39 Å². The van der Waals surface area contributed by atoms with Crippen molar-refractivity contribution in [2.24, 2.45) is 17.8 Å². The van der Waals surface area contributed by atoms with Crippen LogP contribution in [-0.4, -0.2) is 29.9 Å². The van der Waals surface area contributed by atoms with Gasteiger partial charge in [-0.05, 0) is 68.6 Å². The molecule has 2 fully saturated rings. The normalized spacial score (nSPS) is 27.9. The largest absolute Gasteiger partial charge is 0.340 e. The van der Waals surface area contributed by atoms with Crippen LogP contribution in [0.2, 0.25) is 0 Å². The summed E-state index contributed by atoms with van der Waals surface area (Å²) in [5, 5.41) is 3.52. The Hall–Kier alpha value is -1.42. The zero-order valence-electron chi connectivity index (χ0n) is 15.0. The molecule has 2 saturated carbocycles. The summed E-state index contributed by atoms with van der Waals surface area (Å²) in [7, 11) is 1.79. The average Bonchev–Trinajstić information content (AvgIpc) is 3.17. The van der Waals surface area contributed by atoms with Gasteiger partial charge in [0.2, 0.25) is 5.91 Å². The molecule has 1 N–H and O–H groups in total. The minimum atomic E-state index is -0.260. The summed E-state index contributed by atoms with van der Waals surface area (Å²) >= 11 is 0. The highest BCUT2D eigenvalue weighted by atomic mass is 19.1. The molecule has 2 bridgehead atoms. The number of halogens is 1. The molecular formula is C20H29FN2O. The molecule has 1 aromatic rings. The van der Waals surface area contributed by atoms with Crippen LogP contribution >= 0.6 is 0 Å². The second-order valence-corrected chi connectivity index (χ2v) is 7.84.